The lowest BCUT2D eigenvalue weighted by Gasteiger charge is -2.24. The monoisotopic (exact) mass is 283 g/mol. The van der Waals surface area contributed by atoms with Crippen LogP contribution in [0.2, 0.25) is 0 Å². The van der Waals surface area contributed by atoms with Gasteiger partial charge in [0, 0.05) is 31.5 Å². The third kappa shape index (κ3) is 6.73. The highest BCUT2D eigenvalue weighted by atomic mass is 32.1. The molecule has 1 heterocycles. The van der Waals surface area contributed by atoms with E-state index in [9.17, 15) is 4.79 Å². The average molecular weight is 283 g/mol. The number of ether oxygens (including phenoxy) is 1. The third-order valence-corrected chi connectivity index (χ3v) is 3.83. The van der Waals surface area contributed by atoms with Crippen molar-refractivity contribution < 1.29 is 9.53 Å². The standard InChI is InChI=1S/C15H25NO2S/c1-13(2)12-16(9-10-18-3)15(17)8-4-6-14-7-5-11-19-14/h5,7,11,13H,4,6,8-10,12H2,1-3H3. The molecule has 0 unspecified atom stereocenters. The van der Waals surface area contributed by atoms with Crippen molar-refractivity contribution in [1.82, 2.24) is 4.90 Å². The molecule has 0 N–H and O–H groups in total. The largest absolute Gasteiger partial charge is 0.383 e. The summed E-state index contributed by atoms with van der Waals surface area (Å²) in [6, 6.07) is 4.19. The van der Waals surface area contributed by atoms with Gasteiger partial charge in [0.05, 0.1) is 6.61 Å². The normalized spacial score (nSPS) is 10.9. The second kappa shape index (κ2) is 9.10. The van der Waals surface area contributed by atoms with Gasteiger partial charge in [-0.25, -0.2) is 0 Å². The van der Waals surface area contributed by atoms with E-state index in [4.69, 9.17) is 4.74 Å². The van der Waals surface area contributed by atoms with Crippen LogP contribution in [-0.2, 0) is 16.0 Å². The highest BCUT2D eigenvalue weighted by Gasteiger charge is 2.14. The summed E-state index contributed by atoms with van der Waals surface area (Å²) in [7, 11) is 1.68. The van der Waals surface area contributed by atoms with E-state index < -0.39 is 0 Å². The molecule has 1 aromatic heterocycles. The Morgan fingerprint density at radius 1 is 1.47 bits per heavy atom. The molecule has 0 aromatic carbocycles. The number of hydrogen-bond donors (Lipinski definition) is 0. The van der Waals surface area contributed by atoms with Crippen LogP contribution >= 0.6 is 11.3 Å². The van der Waals surface area contributed by atoms with E-state index >= 15 is 0 Å². The summed E-state index contributed by atoms with van der Waals surface area (Å²) in [5.41, 5.74) is 0. The smallest absolute Gasteiger partial charge is 0.222 e. The fourth-order valence-corrected chi connectivity index (χ4v) is 2.74. The minimum Gasteiger partial charge on any atom is -0.383 e. The maximum atomic E-state index is 12.2. The van der Waals surface area contributed by atoms with Gasteiger partial charge in [0.25, 0.3) is 0 Å². The van der Waals surface area contributed by atoms with Gasteiger partial charge in [0.1, 0.15) is 0 Å². The summed E-state index contributed by atoms with van der Waals surface area (Å²) in [5, 5.41) is 2.08. The van der Waals surface area contributed by atoms with Crippen molar-refractivity contribution in [3.8, 4) is 0 Å². The summed E-state index contributed by atoms with van der Waals surface area (Å²) in [6.45, 7) is 6.41. The number of rotatable bonds is 9. The number of thiophene rings is 1. The highest BCUT2D eigenvalue weighted by molar-refractivity contribution is 7.09. The number of carbonyl (C=O) groups excluding carboxylic acids is 1. The fraction of sp³-hybridized carbons (Fsp3) is 0.667. The maximum absolute atomic E-state index is 12.2. The number of amides is 1. The molecule has 1 rings (SSSR count). The Kier molecular flexibility index (Phi) is 7.75. The Labute approximate surface area is 120 Å². The van der Waals surface area contributed by atoms with E-state index in [-0.39, 0.29) is 5.91 Å². The van der Waals surface area contributed by atoms with Crippen molar-refractivity contribution in [3.63, 3.8) is 0 Å². The molecule has 1 amide bonds. The first-order chi connectivity index (χ1) is 9.13. The summed E-state index contributed by atoms with van der Waals surface area (Å²) in [4.78, 5) is 15.5. The molecule has 0 aliphatic carbocycles. The molecule has 108 valence electrons. The van der Waals surface area contributed by atoms with Crippen molar-refractivity contribution in [2.24, 2.45) is 5.92 Å². The Hall–Kier alpha value is -0.870. The first-order valence-electron chi connectivity index (χ1n) is 6.92. The van der Waals surface area contributed by atoms with Gasteiger partial charge < -0.3 is 9.64 Å². The molecule has 3 nitrogen and oxygen atoms in total. The topological polar surface area (TPSA) is 29.5 Å². The molecule has 19 heavy (non-hydrogen) atoms. The summed E-state index contributed by atoms with van der Waals surface area (Å²) < 4.78 is 5.08. The quantitative estimate of drug-likeness (QED) is 0.696. The van der Waals surface area contributed by atoms with E-state index in [1.807, 2.05) is 4.90 Å². The van der Waals surface area contributed by atoms with Gasteiger partial charge in [-0.05, 0) is 30.2 Å². The molecule has 0 fully saturated rings. The van der Waals surface area contributed by atoms with Crippen molar-refractivity contribution in [1.29, 1.82) is 0 Å². The van der Waals surface area contributed by atoms with Crippen LogP contribution in [0.5, 0.6) is 0 Å². The molecule has 0 saturated heterocycles. The van der Waals surface area contributed by atoms with Crippen LogP contribution in [-0.4, -0.2) is 37.6 Å². The third-order valence-electron chi connectivity index (χ3n) is 2.90. The molecule has 0 saturated carbocycles. The maximum Gasteiger partial charge on any atom is 0.222 e. The van der Waals surface area contributed by atoms with Gasteiger partial charge in [-0.2, -0.15) is 0 Å². The SMILES string of the molecule is COCCN(CC(C)C)C(=O)CCCc1cccs1. The van der Waals surface area contributed by atoms with Crippen LogP contribution < -0.4 is 0 Å². The van der Waals surface area contributed by atoms with E-state index in [1.54, 1.807) is 18.4 Å². The van der Waals surface area contributed by atoms with Crippen LogP contribution in [0.4, 0.5) is 0 Å². The van der Waals surface area contributed by atoms with E-state index in [2.05, 4.69) is 31.4 Å². The molecule has 1 aromatic rings. The van der Waals surface area contributed by atoms with Crippen LogP contribution in [0.3, 0.4) is 0 Å². The fourth-order valence-electron chi connectivity index (χ4n) is 1.99. The lowest BCUT2D eigenvalue weighted by Crippen LogP contribution is -2.36. The lowest BCUT2D eigenvalue weighted by atomic mass is 10.1. The van der Waals surface area contributed by atoms with E-state index in [1.165, 1.54) is 4.88 Å². The minimum absolute atomic E-state index is 0.252. The summed E-state index contributed by atoms with van der Waals surface area (Å²) in [6.07, 6.45) is 2.57. The first-order valence-corrected chi connectivity index (χ1v) is 7.80. The molecular formula is C15H25NO2S. The van der Waals surface area contributed by atoms with Crippen molar-refractivity contribution >= 4 is 17.2 Å². The Balaban J connectivity index is 2.33. The lowest BCUT2D eigenvalue weighted by molar-refractivity contribution is -0.132. The van der Waals surface area contributed by atoms with E-state index in [0.717, 1.165) is 19.4 Å². The second-order valence-electron chi connectivity index (χ2n) is 5.16. The van der Waals surface area contributed by atoms with E-state index in [0.29, 0.717) is 25.5 Å². The predicted molar refractivity (Wildman–Crippen MR) is 80.6 cm³/mol. The molecule has 0 atom stereocenters. The zero-order valence-electron chi connectivity index (χ0n) is 12.2. The molecular weight excluding hydrogens is 258 g/mol. The summed E-state index contributed by atoms with van der Waals surface area (Å²) >= 11 is 1.76. The Bertz CT molecular complexity index is 349. The van der Waals surface area contributed by atoms with Gasteiger partial charge in [-0.1, -0.05) is 19.9 Å². The highest BCUT2D eigenvalue weighted by Crippen LogP contribution is 2.13. The number of carbonyl (C=O) groups is 1. The molecule has 0 radical (unpaired) electrons. The second-order valence-corrected chi connectivity index (χ2v) is 6.19. The van der Waals surface area contributed by atoms with Crippen molar-refractivity contribution in [2.75, 3.05) is 26.8 Å². The van der Waals surface area contributed by atoms with Crippen molar-refractivity contribution in [3.05, 3.63) is 22.4 Å². The number of methoxy groups -OCH3 is 1. The van der Waals surface area contributed by atoms with Gasteiger partial charge >= 0.3 is 0 Å². The Morgan fingerprint density at radius 2 is 2.26 bits per heavy atom. The molecule has 0 spiro atoms. The minimum atomic E-state index is 0.252. The average Bonchev–Trinajstić information content (AvgIpc) is 2.87. The van der Waals surface area contributed by atoms with Crippen molar-refractivity contribution in [2.45, 2.75) is 33.1 Å². The van der Waals surface area contributed by atoms with Crippen LogP contribution in [0.15, 0.2) is 17.5 Å². The number of aryl methyl sites for hydroxylation is 1. The van der Waals surface area contributed by atoms with Gasteiger partial charge in [0.15, 0.2) is 0 Å². The molecule has 4 heteroatoms. The first kappa shape index (κ1) is 16.2. The van der Waals surface area contributed by atoms with Crippen LogP contribution in [0.25, 0.3) is 0 Å². The van der Waals surface area contributed by atoms with Gasteiger partial charge in [0.2, 0.25) is 5.91 Å². The zero-order valence-corrected chi connectivity index (χ0v) is 13.0. The molecule has 0 aliphatic rings. The van der Waals surface area contributed by atoms with Gasteiger partial charge in [-0.15, -0.1) is 11.3 Å². The number of hydrogen-bond acceptors (Lipinski definition) is 3. The summed E-state index contributed by atoms with van der Waals surface area (Å²) in [5.74, 6) is 0.750. The zero-order chi connectivity index (χ0) is 14.1. The molecule has 0 aliphatic heterocycles. The molecule has 0 bridgehead atoms. The Morgan fingerprint density at radius 3 is 2.84 bits per heavy atom. The predicted octanol–water partition coefficient (Wildman–Crippen LogP) is 3.20. The number of nitrogens with zero attached hydrogens (tertiary/aromatic N) is 1. The van der Waals surface area contributed by atoms with Crippen LogP contribution in [0, 0.1) is 5.92 Å². The van der Waals surface area contributed by atoms with Crippen LogP contribution in [0.1, 0.15) is 31.6 Å². The van der Waals surface area contributed by atoms with Gasteiger partial charge in [-0.3, -0.25) is 4.79 Å².